The van der Waals surface area contributed by atoms with Gasteiger partial charge in [-0.3, -0.25) is 4.90 Å². The van der Waals surface area contributed by atoms with Gasteiger partial charge in [0.1, 0.15) is 5.01 Å². The summed E-state index contributed by atoms with van der Waals surface area (Å²) in [4.78, 5) is 8.27. The number of rotatable bonds is 6. The summed E-state index contributed by atoms with van der Waals surface area (Å²) in [5.41, 5.74) is 5.08. The van der Waals surface area contributed by atoms with E-state index in [1.807, 2.05) is 6.20 Å². The van der Waals surface area contributed by atoms with Crippen molar-refractivity contribution in [3.05, 3.63) is 71.7 Å². The standard InChI is InChI=1S/C23H24N6S/c1-15(2)17-7-9-18(10-8-17)21-11-24-23(30-21)19-5-3-16(4-6-19)12-29-13-20(14-29)22-25-27-28-26-22/h3-11,15,20H,12-14H2,1-2H3,(H,25,26,27,28). The number of likely N-dealkylation sites (tertiary alicyclic amines) is 1. The maximum absolute atomic E-state index is 4.66. The van der Waals surface area contributed by atoms with E-state index in [-0.39, 0.29) is 0 Å². The summed E-state index contributed by atoms with van der Waals surface area (Å²) in [6.07, 6.45) is 1.98. The second-order valence-corrected chi connectivity index (χ2v) is 9.19. The first-order valence-electron chi connectivity index (χ1n) is 10.3. The number of hydrogen-bond acceptors (Lipinski definition) is 6. The summed E-state index contributed by atoms with van der Waals surface area (Å²) in [6.45, 7) is 7.34. The van der Waals surface area contributed by atoms with Gasteiger partial charge in [0.25, 0.3) is 0 Å². The van der Waals surface area contributed by atoms with Crippen molar-refractivity contribution in [2.45, 2.75) is 32.2 Å². The summed E-state index contributed by atoms with van der Waals surface area (Å²) in [5, 5.41) is 15.4. The molecular weight excluding hydrogens is 392 g/mol. The molecule has 2 aromatic carbocycles. The van der Waals surface area contributed by atoms with Gasteiger partial charge in [-0.2, -0.15) is 5.21 Å². The lowest BCUT2D eigenvalue weighted by atomic mass is 9.98. The number of thiazole rings is 1. The highest BCUT2D eigenvalue weighted by molar-refractivity contribution is 7.18. The molecule has 0 aliphatic carbocycles. The van der Waals surface area contributed by atoms with Crippen molar-refractivity contribution in [2.75, 3.05) is 13.1 Å². The normalized spacial score (nSPS) is 14.9. The summed E-state index contributed by atoms with van der Waals surface area (Å²) in [7, 11) is 0. The van der Waals surface area contributed by atoms with Crippen molar-refractivity contribution in [1.82, 2.24) is 30.5 Å². The molecule has 30 heavy (non-hydrogen) atoms. The number of hydrogen-bond donors (Lipinski definition) is 1. The van der Waals surface area contributed by atoms with Crippen molar-refractivity contribution in [2.24, 2.45) is 0 Å². The molecule has 6 nitrogen and oxygen atoms in total. The number of nitrogens with one attached hydrogen (secondary N) is 1. The predicted octanol–water partition coefficient (Wildman–Crippen LogP) is 4.71. The molecule has 0 saturated carbocycles. The number of benzene rings is 2. The molecule has 0 radical (unpaired) electrons. The molecule has 1 N–H and O–H groups in total. The second kappa shape index (κ2) is 8.08. The molecule has 0 amide bonds. The molecule has 7 heteroatoms. The number of H-pyrrole nitrogens is 1. The molecule has 0 bridgehead atoms. The van der Waals surface area contributed by atoms with Crippen LogP contribution in [0.25, 0.3) is 21.0 Å². The molecule has 2 aromatic heterocycles. The smallest absolute Gasteiger partial charge is 0.180 e. The highest BCUT2D eigenvalue weighted by Gasteiger charge is 2.30. The zero-order valence-electron chi connectivity index (χ0n) is 17.1. The van der Waals surface area contributed by atoms with E-state index in [9.17, 15) is 0 Å². The summed E-state index contributed by atoms with van der Waals surface area (Å²) in [5.74, 6) is 1.77. The van der Waals surface area contributed by atoms with Crippen LogP contribution in [0.4, 0.5) is 0 Å². The fourth-order valence-electron chi connectivity index (χ4n) is 3.79. The second-order valence-electron chi connectivity index (χ2n) is 8.16. The molecule has 1 aliphatic rings. The Bertz CT molecular complexity index is 1090. The topological polar surface area (TPSA) is 70.6 Å². The Morgan fingerprint density at radius 2 is 1.77 bits per heavy atom. The minimum Gasteiger partial charge on any atom is -0.298 e. The largest absolute Gasteiger partial charge is 0.298 e. The van der Waals surface area contributed by atoms with E-state index in [1.54, 1.807) is 11.3 Å². The van der Waals surface area contributed by atoms with Gasteiger partial charge >= 0.3 is 0 Å². The minimum atomic E-state index is 0.395. The maximum Gasteiger partial charge on any atom is 0.180 e. The molecule has 152 valence electrons. The Kier molecular flexibility index (Phi) is 5.14. The van der Waals surface area contributed by atoms with Gasteiger partial charge in [0, 0.05) is 37.3 Å². The van der Waals surface area contributed by atoms with Crippen LogP contribution in [0, 0.1) is 0 Å². The average molecular weight is 417 g/mol. The molecular formula is C23H24N6S. The van der Waals surface area contributed by atoms with E-state index in [4.69, 9.17) is 0 Å². The van der Waals surface area contributed by atoms with E-state index in [1.165, 1.54) is 27.1 Å². The maximum atomic E-state index is 4.66. The van der Waals surface area contributed by atoms with Crippen LogP contribution in [0.1, 0.15) is 42.6 Å². The Morgan fingerprint density at radius 1 is 1.03 bits per heavy atom. The molecule has 1 fully saturated rings. The molecule has 0 atom stereocenters. The van der Waals surface area contributed by atoms with Crippen LogP contribution in [0.2, 0.25) is 0 Å². The average Bonchev–Trinajstić information content (AvgIpc) is 3.43. The molecule has 0 unspecified atom stereocenters. The van der Waals surface area contributed by atoms with Gasteiger partial charge in [-0.05, 0) is 22.6 Å². The monoisotopic (exact) mass is 416 g/mol. The zero-order valence-corrected chi connectivity index (χ0v) is 17.9. The lowest BCUT2D eigenvalue weighted by molar-refractivity contribution is 0.134. The van der Waals surface area contributed by atoms with Crippen molar-refractivity contribution in [3.8, 4) is 21.0 Å². The van der Waals surface area contributed by atoms with Gasteiger partial charge < -0.3 is 0 Å². The van der Waals surface area contributed by atoms with E-state index in [2.05, 4.69) is 92.9 Å². The van der Waals surface area contributed by atoms with Crippen LogP contribution in [0.15, 0.2) is 54.7 Å². The Labute approximate surface area is 180 Å². The lowest BCUT2D eigenvalue weighted by Gasteiger charge is -2.37. The Balaban J connectivity index is 1.22. The molecule has 1 aliphatic heterocycles. The minimum absolute atomic E-state index is 0.395. The summed E-state index contributed by atoms with van der Waals surface area (Å²) < 4.78 is 0. The van der Waals surface area contributed by atoms with Gasteiger partial charge in [-0.1, -0.05) is 67.6 Å². The molecule has 5 rings (SSSR count). The van der Waals surface area contributed by atoms with E-state index < -0.39 is 0 Å². The quantitative estimate of drug-likeness (QED) is 0.493. The number of aromatic nitrogens is 5. The number of aromatic amines is 1. The third kappa shape index (κ3) is 3.91. The third-order valence-corrected chi connectivity index (χ3v) is 6.75. The molecule has 0 spiro atoms. The van der Waals surface area contributed by atoms with Gasteiger partial charge in [0.05, 0.1) is 4.88 Å². The van der Waals surface area contributed by atoms with Crippen LogP contribution < -0.4 is 0 Å². The highest BCUT2D eigenvalue weighted by atomic mass is 32.1. The Hall–Kier alpha value is -2.90. The van der Waals surface area contributed by atoms with E-state index >= 15 is 0 Å². The van der Waals surface area contributed by atoms with Crippen molar-refractivity contribution in [1.29, 1.82) is 0 Å². The lowest BCUT2D eigenvalue weighted by Crippen LogP contribution is -2.44. The SMILES string of the molecule is CC(C)c1ccc(-c2cnc(-c3ccc(CN4CC(c5nn[nH]n5)C4)cc3)s2)cc1. The fourth-order valence-corrected chi connectivity index (χ4v) is 4.72. The van der Waals surface area contributed by atoms with Gasteiger partial charge in [-0.25, -0.2) is 4.98 Å². The summed E-state index contributed by atoms with van der Waals surface area (Å²) in [6, 6.07) is 17.6. The molecule has 4 aromatic rings. The first-order valence-corrected chi connectivity index (χ1v) is 11.1. The van der Waals surface area contributed by atoms with Crippen LogP contribution in [-0.4, -0.2) is 43.6 Å². The van der Waals surface area contributed by atoms with Crippen molar-refractivity contribution < 1.29 is 0 Å². The predicted molar refractivity (Wildman–Crippen MR) is 119 cm³/mol. The summed E-state index contributed by atoms with van der Waals surface area (Å²) >= 11 is 1.74. The van der Waals surface area contributed by atoms with Gasteiger partial charge in [-0.15, -0.1) is 21.5 Å². The third-order valence-electron chi connectivity index (χ3n) is 5.66. The van der Waals surface area contributed by atoms with Crippen LogP contribution in [0.3, 0.4) is 0 Å². The number of tetrazole rings is 1. The number of nitrogens with zero attached hydrogens (tertiary/aromatic N) is 5. The highest BCUT2D eigenvalue weighted by Crippen LogP contribution is 2.33. The van der Waals surface area contributed by atoms with E-state index in [0.717, 1.165) is 30.5 Å². The van der Waals surface area contributed by atoms with Crippen molar-refractivity contribution in [3.63, 3.8) is 0 Å². The molecule has 1 saturated heterocycles. The molecule has 3 heterocycles. The fraction of sp³-hybridized carbons (Fsp3) is 0.304. The first kappa shape index (κ1) is 19.1. The van der Waals surface area contributed by atoms with Gasteiger partial charge in [0.2, 0.25) is 0 Å². The van der Waals surface area contributed by atoms with Crippen LogP contribution in [-0.2, 0) is 6.54 Å². The van der Waals surface area contributed by atoms with Crippen LogP contribution in [0.5, 0.6) is 0 Å². The van der Waals surface area contributed by atoms with Crippen LogP contribution >= 0.6 is 11.3 Å². The van der Waals surface area contributed by atoms with E-state index in [0.29, 0.717) is 11.8 Å². The Morgan fingerprint density at radius 3 is 2.43 bits per heavy atom. The zero-order chi connectivity index (χ0) is 20.5. The van der Waals surface area contributed by atoms with Crippen molar-refractivity contribution >= 4 is 11.3 Å². The van der Waals surface area contributed by atoms with Gasteiger partial charge in [0.15, 0.2) is 5.82 Å². The first-order chi connectivity index (χ1) is 14.7.